The van der Waals surface area contributed by atoms with E-state index in [1.165, 1.54) is 12.1 Å². The van der Waals surface area contributed by atoms with Crippen molar-refractivity contribution in [2.45, 2.75) is 51.1 Å². The Morgan fingerprint density at radius 3 is 2.52 bits per heavy atom. The van der Waals surface area contributed by atoms with E-state index in [1.54, 1.807) is 0 Å². The van der Waals surface area contributed by atoms with Crippen molar-refractivity contribution in [1.82, 2.24) is 15.6 Å². The lowest BCUT2D eigenvalue weighted by molar-refractivity contribution is -0.135. The molecule has 0 bridgehead atoms. The van der Waals surface area contributed by atoms with Crippen LogP contribution in [0.3, 0.4) is 0 Å². The van der Waals surface area contributed by atoms with Gasteiger partial charge in [-0.25, -0.2) is 13.6 Å². The van der Waals surface area contributed by atoms with Gasteiger partial charge in [-0.1, -0.05) is 0 Å². The first-order chi connectivity index (χ1) is 11.7. The summed E-state index contributed by atoms with van der Waals surface area (Å²) >= 11 is 0. The SMILES string of the molecule is CC(F)(F)c1ccc(CNC(=O)NC2CC3(C2)CC(C(N)=O)C3)nc1. The number of carbonyl (C=O) groups excluding carboxylic acids is 2. The average Bonchev–Trinajstić information content (AvgIpc) is 2.45. The number of carbonyl (C=O) groups is 2. The van der Waals surface area contributed by atoms with Crippen LogP contribution in [0.5, 0.6) is 0 Å². The molecule has 136 valence electrons. The smallest absolute Gasteiger partial charge is 0.315 e. The lowest BCUT2D eigenvalue weighted by Crippen LogP contribution is -2.59. The molecule has 2 aliphatic rings. The number of halogens is 2. The molecule has 0 unspecified atom stereocenters. The molecule has 1 aromatic rings. The molecule has 0 saturated heterocycles. The van der Waals surface area contributed by atoms with E-state index in [0.717, 1.165) is 38.8 Å². The fourth-order valence-corrected chi connectivity index (χ4v) is 3.80. The summed E-state index contributed by atoms with van der Waals surface area (Å²) < 4.78 is 26.2. The number of rotatable bonds is 5. The summed E-state index contributed by atoms with van der Waals surface area (Å²) in [6, 6.07) is 2.58. The molecule has 1 heterocycles. The molecule has 0 aliphatic heterocycles. The van der Waals surface area contributed by atoms with E-state index in [4.69, 9.17) is 5.73 Å². The second-order valence-electron chi connectivity index (χ2n) is 7.37. The minimum atomic E-state index is -2.93. The zero-order chi connectivity index (χ0) is 18.2. The monoisotopic (exact) mass is 352 g/mol. The highest BCUT2D eigenvalue weighted by molar-refractivity contribution is 5.78. The zero-order valence-electron chi connectivity index (χ0n) is 14.0. The Morgan fingerprint density at radius 2 is 2.00 bits per heavy atom. The van der Waals surface area contributed by atoms with Crippen molar-refractivity contribution >= 4 is 11.9 Å². The highest BCUT2D eigenvalue weighted by Crippen LogP contribution is 2.58. The van der Waals surface area contributed by atoms with Crippen LogP contribution in [0.15, 0.2) is 18.3 Å². The van der Waals surface area contributed by atoms with E-state index in [1.807, 2.05) is 0 Å². The summed E-state index contributed by atoms with van der Waals surface area (Å²) in [7, 11) is 0. The number of alkyl halides is 2. The predicted octanol–water partition coefficient (Wildman–Crippen LogP) is 2.04. The third-order valence-electron chi connectivity index (χ3n) is 5.22. The number of hydrogen-bond donors (Lipinski definition) is 3. The van der Waals surface area contributed by atoms with Gasteiger partial charge in [0.15, 0.2) is 0 Å². The molecule has 2 saturated carbocycles. The topological polar surface area (TPSA) is 97.1 Å². The van der Waals surface area contributed by atoms with E-state index in [9.17, 15) is 18.4 Å². The number of aromatic nitrogens is 1. The number of pyridine rings is 1. The van der Waals surface area contributed by atoms with Crippen LogP contribution in [0.1, 0.15) is 43.9 Å². The van der Waals surface area contributed by atoms with Gasteiger partial charge in [0.1, 0.15) is 0 Å². The van der Waals surface area contributed by atoms with Crippen LogP contribution in [-0.4, -0.2) is 23.0 Å². The van der Waals surface area contributed by atoms with Crippen molar-refractivity contribution in [3.8, 4) is 0 Å². The van der Waals surface area contributed by atoms with Gasteiger partial charge in [-0.3, -0.25) is 9.78 Å². The third kappa shape index (κ3) is 3.88. The molecule has 0 atom stereocenters. The van der Waals surface area contributed by atoms with Gasteiger partial charge in [-0.05, 0) is 43.2 Å². The fraction of sp³-hybridized carbons (Fsp3) is 0.588. The normalized spacial score (nSPS) is 28.0. The van der Waals surface area contributed by atoms with Crippen molar-refractivity contribution in [1.29, 1.82) is 0 Å². The molecule has 25 heavy (non-hydrogen) atoms. The predicted molar refractivity (Wildman–Crippen MR) is 86.5 cm³/mol. The quantitative estimate of drug-likeness (QED) is 0.756. The minimum Gasteiger partial charge on any atom is -0.369 e. The van der Waals surface area contributed by atoms with E-state index in [-0.39, 0.29) is 41.4 Å². The Hall–Kier alpha value is -2.25. The Bertz CT molecular complexity index is 658. The summed E-state index contributed by atoms with van der Waals surface area (Å²) in [5.74, 6) is -3.18. The molecule has 0 radical (unpaired) electrons. The molecule has 3 amide bonds. The van der Waals surface area contributed by atoms with Gasteiger partial charge < -0.3 is 16.4 Å². The largest absolute Gasteiger partial charge is 0.369 e. The van der Waals surface area contributed by atoms with Crippen LogP contribution in [-0.2, 0) is 17.3 Å². The molecule has 3 rings (SSSR count). The Kier molecular flexibility index (Phi) is 4.38. The molecular formula is C17H22F2N4O2. The van der Waals surface area contributed by atoms with Gasteiger partial charge in [0.05, 0.1) is 12.2 Å². The summed E-state index contributed by atoms with van der Waals surface area (Å²) in [4.78, 5) is 26.9. The van der Waals surface area contributed by atoms with Crippen molar-refractivity contribution < 1.29 is 18.4 Å². The Morgan fingerprint density at radius 1 is 1.32 bits per heavy atom. The molecule has 6 nitrogen and oxygen atoms in total. The maximum atomic E-state index is 13.1. The van der Waals surface area contributed by atoms with E-state index >= 15 is 0 Å². The van der Waals surface area contributed by atoms with Gasteiger partial charge in [-0.15, -0.1) is 0 Å². The zero-order valence-corrected chi connectivity index (χ0v) is 14.0. The lowest BCUT2D eigenvalue weighted by Gasteiger charge is -2.57. The Balaban J connectivity index is 1.38. The first kappa shape index (κ1) is 17.6. The van der Waals surface area contributed by atoms with Gasteiger partial charge in [0, 0.05) is 30.6 Å². The first-order valence-electron chi connectivity index (χ1n) is 8.34. The van der Waals surface area contributed by atoms with Crippen LogP contribution in [0.4, 0.5) is 13.6 Å². The molecule has 4 N–H and O–H groups in total. The van der Waals surface area contributed by atoms with Crippen molar-refractivity contribution in [3.63, 3.8) is 0 Å². The number of nitrogens with one attached hydrogen (secondary N) is 2. The van der Waals surface area contributed by atoms with Crippen LogP contribution in [0.25, 0.3) is 0 Å². The maximum absolute atomic E-state index is 13.1. The second-order valence-corrected chi connectivity index (χ2v) is 7.37. The van der Waals surface area contributed by atoms with Gasteiger partial charge >= 0.3 is 6.03 Å². The van der Waals surface area contributed by atoms with E-state index < -0.39 is 5.92 Å². The number of primary amides is 1. The average molecular weight is 352 g/mol. The molecule has 8 heteroatoms. The standard InChI is InChI=1S/C17H22F2N4O2/c1-16(18,19)11-2-3-12(21-8-11)9-22-15(25)23-13-6-17(7-13)4-10(5-17)14(20)24/h2-3,8,10,13H,4-7,9H2,1H3,(H2,20,24)(H2,22,23,25). The third-order valence-corrected chi connectivity index (χ3v) is 5.22. The highest BCUT2D eigenvalue weighted by Gasteiger charge is 2.54. The maximum Gasteiger partial charge on any atom is 0.315 e. The first-order valence-corrected chi connectivity index (χ1v) is 8.34. The van der Waals surface area contributed by atoms with Gasteiger partial charge in [0.25, 0.3) is 5.92 Å². The van der Waals surface area contributed by atoms with Crippen LogP contribution >= 0.6 is 0 Å². The van der Waals surface area contributed by atoms with Crippen LogP contribution in [0.2, 0.25) is 0 Å². The van der Waals surface area contributed by atoms with Crippen LogP contribution in [0, 0.1) is 11.3 Å². The molecule has 1 aromatic heterocycles. The molecule has 1 spiro atoms. The molecule has 0 aromatic carbocycles. The number of nitrogens with zero attached hydrogens (tertiary/aromatic N) is 1. The molecule has 2 aliphatic carbocycles. The van der Waals surface area contributed by atoms with Crippen LogP contribution < -0.4 is 16.4 Å². The van der Waals surface area contributed by atoms with Gasteiger partial charge in [0.2, 0.25) is 5.91 Å². The molecular weight excluding hydrogens is 330 g/mol. The summed E-state index contributed by atoms with van der Waals surface area (Å²) in [6.07, 6.45) is 4.49. The van der Waals surface area contributed by atoms with Crippen molar-refractivity contribution in [3.05, 3.63) is 29.6 Å². The Labute approximate surface area is 144 Å². The number of amides is 3. The summed E-state index contributed by atoms with van der Waals surface area (Å²) in [5, 5.41) is 5.55. The second kappa shape index (κ2) is 6.24. The number of nitrogens with two attached hydrogens (primary N) is 1. The van der Waals surface area contributed by atoms with Crippen molar-refractivity contribution in [2.75, 3.05) is 0 Å². The van der Waals surface area contributed by atoms with Gasteiger partial charge in [-0.2, -0.15) is 0 Å². The summed E-state index contributed by atoms with van der Waals surface area (Å²) in [5.41, 5.74) is 5.81. The van der Waals surface area contributed by atoms with E-state index in [0.29, 0.717) is 5.69 Å². The lowest BCUT2D eigenvalue weighted by atomic mass is 9.50. The molecule has 2 fully saturated rings. The van der Waals surface area contributed by atoms with E-state index in [2.05, 4.69) is 15.6 Å². The number of urea groups is 1. The minimum absolute atomic E-state index is 0.0145. The highest BCUT2D eigenvalue weighted by atomic mass is 19.3. The summed E-state index contributed by atoms with van der Waals surface area (Å²) in [6.45, 7) is 0.984. The number of hydrogen-bond acceptors (Lipinski definition) is 3. The fourth-order valence-electron chi connectivity index (χ4n) is 3.80. The van der Waals surface area contributed by atoms with Crippen molar-refractivity contribution in [2.24, 2.45) is 17.1 Å².